The number of benzene rings is 1. The van der Waals surface area contributed by atoms with Crippen LogP contribution in [-0.4, -0.2) is 44.0 Å². The van der Waals surface area contributed by atoms with Crippen molar-refractivity contribution in [2.24, 2.45) is 0 Å². The summed E-state index contributed by atoms with van der Waals surface area (Å²) >= 11 is 1.26. The van der Waals surface area contributed by atoms with E-state index in [0.29, 0.717) is 35.7 Å². The van der Waals surface area contributed by atoms with Gasteiger partial charge in [0.25, 0.3) is 0 Å². The normalized spacial score (nSPS) is 15.6. The zero-order valence-electron chi connectivity index (χ0n) is 17.8. The maximum atomic E-state index is 13.8. The second kappa shape index (κ2) is 8.77. The summed E-state index contributed by atoms with van der Waals surface area (Å²) < 4.78 is 30.1. The number of carbonyl (C=O) groups excluding carboxylic acids is 1. The van der Waals surface area contributed by atoms with Crippen LogP contribution in [0.2, 0.25) is 0 Å². The molecule has 4 rings (SSSR count). The van der Waals surface area contributed by atoms with E-state index in [9.17, 15) is 14.0 Å². The number of carbonyl (C=O) groups is 1. The molecule has 1 N–H and O–H groups in total. The van der Waals surface area contributed by atoms with Gasteiger partial charge < -0.3 is 10.1 Å². The first kappa shape index (κ1) is 22.1. The number of amides is 1. The maximum Gasteiger partial charge on any atom is 0.442 e. The van der Waals surface area contributed by atoms with Crippen LogP contribution in [0.15, 0.2) is 37.2 Å². The van der Waals surface area contributed by atoms with E-state index in [1.54, 1.807) is 26.8 Å². The Balaban J connectivity index is 1.50. The number of fused-ring (bicyclic) bond motifs is 1. The van der Waals surface area contributed by atoms with Crippen molar-refractivity contribution in [3.8, 4) is 11.5 Å². The van der Waals surface area contributed by atoms with Gasteiger partial charge in [0.15, 0.2) is 10.7 Å². The average Bonchev–Trinajstić information content (AvgIpc) is 3.41. The quantitative estimate of drug-likeness (QED) is 0.433. The highest BCUT2D eigenvalue weighted by Crippen LogP contribution is 2.37. The van der Waals surface area contributed by atoms with Gasteiger partial charge in [-0.1, -0.05) is 23.0 Å². The molecule has 0 aliphatic heterocycles. The minimum absolute atomic E-state index is 0.154. The number of aromatic nitrogens is 4. The van der Waals surface area contributed by atoms with Gasteiger partial charge in [-0.25, -0.2) is 23.2 Å². The number of nitrogens with zero attached hydrogens (tertiary/aromatic N) is 4. The molecule has 1 aromatic carbocycles. The number of nitrogens with one attached hydrogen (secondary N) is 1. The molecule has 0 saturated heterocycles. The lowest BCUT2D eigenvalue weighted by Gasteiger charge is -2.19. The van der Waals surface area contributed by atoms with E-state index in [4.69, 9.17) is 13.9 Å². The Hall–Kier alpha value is -3.15. The van der Waals surface area contributed by atoms with Gasteiger partial charge in [-0.3, -0.25) is 4.52 Å². The minimum Gasteiger partial charge on any atom is -0.444 e. The number of rotatable bonds is 6. The molecule has 32 heavy (non-hydrogen) atoms. The van der Waals surface area contributed by atoms with Crippen molar-refractivity contribution in [1.82, 2.24) is 25.4 Å². The summed E-state index contributed by atoms with van der Waals surface area (Å²) in [6.45, 7) is 5.66. The Morgan fingerprint density at radius 3 is 2.94 bits per heavy atom. The molecule has 1 aliphatic rings. The van der Waals surface area contributed by atoms with Gasteiger partial charge in [0, 0.05) is 12.3 Å². The molecule has 170 valence electrons. The molecular formula is C20H22FN5O5S. The number of hydrogen-bond acceptors (Lipinski definition) is 9. The van der Waals surface area contributed by atoms with Crippen LogP contribution >= 0.6 is 11.8 Å². The maximum absolute atomic E-state index is 13.8. The first-order valence-corrected chi connectivity index (χ1v) is 11.0. The van der Waals surface area contributed by atoms with Gasteiger partial charge in [0.2, 0.25) is 5.82 Å². The fraction of sp³-hybridized carbons (Fsp3) is 0.450. The zero-order chi connectivity index (χ0) is 22.9. The third-order valence-corrected chi connectivity index (χ3v) is 5.73. The largest absolute Gasteiger partial charge is 0.444 e. The monoisotopic (exact) mass is 463 g/mol. The molecule has 0 radical (unpaired) electrons. The molecule has 1 unspecified atom stereocenters. The van der Waals surface area contributed by atoms with Gasteiger partial charge in [-0.2, -0.15) is 0 Å². The summed E-state index contributed by atoms with van der Waals surface area (Å²) in [6.07, 6.45) is 0.779. The van der Waals surface area contributed by atoms with Crippen LogP contribution in [0.3, 0.4) is 0 Å². The molecule has 1 atom stereocenters. The lowest BCUT2D eigenvalue weighted by Crippen LogP contribution is -2.33. The Morgan fingerprint density at radius 1 is 1.34 bits per heavy atom. The molecule has 10 nitrogen and oxygen atoms in total. The van der Waals surface area contributed by atoms with Crippen molar-refractivity contribution < 1.29 is 23.1 Å². The third kappa shape index (κ3) is 4.69. The minimum atomic E-state index is -0.673. The van der Waals surface area contributed by atoms with Crippen LogP contribution in [0.25, 0.3) is 11.5 Å². The molecule has 2 aromatic heterocycles. The SMILES string of the molecule is CC(C)(C)OC(=O)NCCSc1nonc1-c1noc(=O)n1C1CCc2ccc(F)cc21. The number of hydrogen-bond donors (Lipinski definition) is 1. The average molecular weight is 463 g/mol. The highest BCUT2D eigenvalue weighted by molar-refractivity contribution is 7.99. The summed E-state index contributed by atoms with van der Waals surface area (Å²) in [5.74, 6) is -0.452. The number of halogens is 1. The number of aryl methyl sites for hydroxylation is 1. The fourth-order valence-corrected chi connectivity index (χ4v) is 4.28. The summed E-state index contributed by atoms with van der Waals surface area (Å²) in [6, 6.07) is 4.12. The van der Waals surface area contributed by atoms with Gasteiger partial charge in [-0.05, 0) is 67.2 Å². The van der Waals surface area contributed by atoms with Crippen LogP contribution in [0, 0.1) is 5.82 Å². The summed E-state index contributed by atoms with van der Waals surface area (Å²) in [7, 11) is 0. The molecular weight excluding hydrogens is 441 g/mol. The Bertz CT molecular complexity index is 1180. The Kier molecular flexibility index (Phi) is 6.04. The summed E-state index contributed by atoms with van der Waals surface area (Å²) in [4.78, 5) is 24.2. The topological polar surface area (TPSA) is 125 Å². The van der Waals surface area contributed by atoms with Gasteiger partial charge in [-0.15, -0.1) is 0 Å². The van der Waals surface area contributed by atoms with E-state index in [2.05, 4.69) is 20.8 Å². The molecule has 0 fully saturated rings. The number of alkyl carbamates (subject to hydrolysis) is 1. The number of thioether (sulfide) groups is 1. The van der Waals surface area contributed by atoms with Gasteiger partial charge >= 0.3 is 11.8 Å². The van der Waals surface area contributed by atoms with Crippen LogP contribution in [0.1, 0.15) is 44.4 Å². The van der Waals surface area contributed by atoms with Crippen LogP contribution in [0.4, 0.5) is 9.18 Å². The lowest BCUT2D eigenvalue weighted by atomic mass is 10.1. The molecule has 1 amide bonds. The van der Waals surface area contributed by atoms with Crippen LogP contribution < -0.4 is 11.1 Å². The second-order valence-electron chi connectivity index (χ2n) is 8.23. The second-order valence-corrected chi connectivity index (χ2v) is 9.32. The van der Waals surface area contributed by atoms with E-state index in [1.165, 1.54) is 28.5 Å². The molecule has 3 aromatic rings. The fourth-order valence-electron chi connectivity index (χ4n) is 3.54. The molecule has 0 saturated carbocycles. The smallest absolute Gasteiger partial charge is 0.442 e. The summed E-state index contributed by atoms with van der Waals surface area (Å²) in [5.41, 5.74) is 1.34. The zero-order valence-corrected chi connectivity index (χ0v) is 18.6. The Morgan fingerprint density at radius 2 is 2.16 bits per heavy atom. The van der Waals surface area contributed by atoms with Crippen LogP contribution in [-0.2, 0) is 11.2 Å². The number of ether oxygens (including phenoxy) is 1. The van der Waals surface area contributed by atoms with E-state index >= 15 is 0 Å². The molecule has 0 bridgehead atoms. The van der Waals surface area contributed by atoms with Crippen molar-refractivity contribution >= 4 is 17.9 Å². The highest BCUT2D eigenvalue weighted by Gasteiger charge is 2.32. The van der Waals surface area contributed by atoms with Crippen molar-refractivity contribution in [2.45, 2.75) is 50.3 Å². The molecule has 12 heteroatoms. The predicted molar refractivity (Wildman–Crippen MR) is 112 cm³/mol. The van der Waals surface area contributed by atoms with Crippen molar-refractivity contribution in [3.05, 3.63) is 45.7 Å². The predicted octanol–water partition coefficient (Wildman–Crippen LogP) is 3.18. The van der Waals surface area contributed by atoms with Crippen LogP contribution in [0.5, 0.6) is 0 Å². The highest BCUT2D eigenvalue weighted by atomic mass is 32.2. The third-order valence-electron chi connectivity index (χ3n) is 4.78. The molecule has 1 aliphatic carbocycles. The molecule has 2 heterocycles. The first-order valence-electron chi connectivity index (χ1n) is 10.0. The van der Waals surface area contributed by atoms with Crippen molar-refractivity contribution in [3.63, 3.8) is 0 Å². The van der Waals surface area contributed by atoms with Gasteiger partial charge in [0.05, 0.1) is 6.04 Å². The van der Waals surface area contributed by atoms with E-state index in [1.807, 2.05) is 0 Å². The summed E-state index contributed by atoms with van der Waals surface area (Å²) in [5, 5.41) is 14.7. The first-order chi connectivity index (χ1) is 15.2. The molecule has 0 spiro atoms. The van der Waals surface area contributed by atoms with E-state index in [-0.39, 0.29) is 17.3 Å². The van der Waals surface area contributed by atoms with Crippen molar-refractivity contribution in [1.29, 1.82) is 0 Å². The lowest BCUT2D eigenvalue weighted by molar-refractivity contribution is 0.0531. The van der Waals surface area contributed by atoms with Crippen molar-refractivity contribution in [2.75, 3.05) is 12.3 Å². The Labute approximate surface area is 186 Å². The van der Waals surface area contributed by atoms with E-state index < -0.39 is 23.5 Å². The van der Waals surface area contributed by atoms with E-state index in [0.717, 1.165) is 5.56 Å². The standard InChI is InChI=1S/C20H22FN5O5S/c1-20(2,3)29-18(27)22-8-9-32-17-15(23-31-25-17)16-24-30-19(28)26(16)14-7-5-11-4-6-12(21)10-13(11)14/h4,6,10,14H,5,7-9H2,1-3H3,(H,22,27). The van der Waals surface area contributed by atoms with Gasteiger partial charge in [0.1, 0.15) is 11.4 Å².